The third-order valence-corrected chi connectivity index (χ3v) is 3.86. The number of anilines is 1. The van der Waals surface area contributed by atoms with Crippen molar-refractivity contribution in [2.45, 2.75) is 46.8 Å². The molecule has 0 saturated carbocycles. The lowest BCUT2D eigenvalue weighted by molar-refractivity contribution is 0.0775. The van der Waals surface area contributed by atoms with Crippen molar-refractivity contribution in [3.8, 4) is 0 Å². The second-order valence-corrected chi connectivity index (χ2v) is 7.09. The van der Waals surface area contributed by atoms with Gasteiger partial charge in [-0.2, -0.15) is 0 Å². The average molecular weight is 359 g/mol. The number of rotatable bonds is 8. The zero-order chi connectivity index (χ0) is 19.1. The summed E-state index contributed by atoms with van der Waals surface area (Å²) in [6.45, 7) is 9.82. The molecular formula is C20H29N3O3. The van der Waals surface area contributed by atoms with E-state index < -0.39 is 0 Å². The predicted octanol–water partition coefficient (Wildman–Crippen LogP) is 3.59. The van der Waals surface area contributed by atoms with E-state index in [9.17, 15) is 9.59 Å². The zero-order valence-electron chi connectivity index (χ0n) is 16.0. The van der Waals surface area contributed by atoms with Crippen LogP contribution in [0.25, 0.3) is 10.8 Å². The van der Waals surface area contributed by atoms with Crippen LogP contribution in [-0.2, 0) is 11.3 Å². The number of carbonyl (C=O) groups is 1. The van der Waals surface area contributed by atoms with E-state index in [1.54, 1.807) is 16.8 Å². The Balaban J connectivity index is 2.11. The lowest BCUT2D eigenvalue weighted by Gasteiger charge is -2.15. The lowest BCUT2D eigenvalue weighted by Crippen LogP contribution is -2.31. The molecule has 0 aliphatic carbocycles. The summed E-state index contributed by atoms with van der Waals surface area (Å²) in [5.41, 5.74) is 0.600. The van der Waals surface area contributed by atoms with Gasteiger partial charge in [-0.05, 0) is 32.3 Å². The highest BCUT2D eigenvalue weighted by Gasteiger charge is 2.11. The van der Waals surface area contributed by atoms with Gasteiger partial charge in [0.1, 0.15) is 0 Å². The summed E-state index contributed by atoms with van der Waals surface area (Å²) in [5.74, 6) is 0.330. The van der Waals surface area contributed by atoms with Crippen molar-refractivity contribution in [2.75, 3.05) is 18.5 Å². The molecule has 0 atom stereocenters. The van der Waals surface area contributed by atoms with Crippen molar-refractivity contribution in [1.82, 2.24) is 9.88 Å². The number of hydrogen-bond acceptors (Lipinski definition) is 3. The molecule has 1 aromatic carbocycles. The Morgan fingerprint density at radius 1 is 1.15 bits per heavy atom. The van der Waals surface area contributed by atoms with Gasteiger partial charge in [0, 0.05) is 36.7 Å². The van der Waals surface area contributed by atoms with Crippen LogP contribution in [0.1, 0.15) is 34.1 Å². The van der Waals surface area contributed by atoms with E-state index in [0.717, 1.165) is 11.8 Å². The van der Waals surface area contributed by atoms with Gasteiger partial charge in [0.15, 0.2) is 0 Å². The van der Waals surface area contributed by atoms with E-state index in [0.29, 0.717) is 36.7 Å². The summed E-state index contributed by atoms with van der Waals surface area (Å²) < 4.78 is 7.12. The van der Waals surface area contributed by atoms with Crippen LogP contribution in [-0.4, -0.2) is 29.9 Å². The van der Waals surface area contributed by atoms with Crippen LogP contribution < -0.4 is 16.2 Å². The number of pyridine rings is 1. The SMILES string of the molecule is CC(C)Cn1cc(NC(=O)NCCCOC(C)C)c2ccccc2c1=O. The maximum Gasteiger partial charge on any atom is 0.319 e. The molecule has 0 saturated heterocycles. The summed E-state index contributed by atoms with van der Waals surface area (Å²) >= 11 is 0. The van der Waals surface area contributed by atoms with E-state index >= 15 is 0 Å². The number of hydrogen-bond donors (Lipinski definition) is 2. The first kappa shape index (κ1) is 20.0. The highest BCUT2D eigenvalue weighted by molar-refractivity contribution is 6.00. The van der Waals surface area contributed by atoms with Crippen LogP contribution in [0.15, 0.2) is 35.3 Å². The normalized spacial score (nSPS) is 11.3. The van der Waals surface area contributed by atoms with Crippen molar-refractivity contribution in [2.24, 2.45) is 5.92 Å². The summed E-state index contributed by atoms with van der Waals surface area (Å²) in [6.07, 6.45) is 2.67. The molecule has 0 aliphatic rings. The van der Waals surface area contributed by atoms with Gasteiger partial charge in [-0.3, -0.25) is 4.79 Å². The molecule has 6 heteroatoms. The first-order chi connectivity index (χ1) is 12.4. The van der Waals surface area contributed by atoms with Crippen molar-refractivity contribution < 1.29 is 9.53 Å². The summed E-state index contributed by atoms with van der Waals surface area (Å²) in [5, 5.41) is 7.06. The van der Waals surface area contributed by atoms with E-state index in [2.05, 4.69) is 24.5 Å². The molecular weight excluding hydrogens is 330 g/mol. The molecule has 2 amide bonds. The molecule has 6 nitrogen and oxygen atoms in total. The molecule has 1 heterocycles. The van der Waals surface area contributed by atoms with Crippen LogP contribution in [0.3, 0.4) is 0 Å². The minimum atomic E-state index is -0.283. The third kappa shape index (κ3) is 5.59. The van der Waals surface area contributed by atoms with Crippen molar-refractivity contribution >= 4 is 22.5 Å². The Kier molecular flexibility index (Phi) is 7.21. The van der Waals surface area contributed by atoms with E-state index in [1.165, 1.54) is 0 Å². The number of aromatic nitrogens is 1. The Morgan fingerprint density at radius 3 is 2.50 bits per heavy atom. The molecule has 0 aliphatic heterocycles. The highest BCUT2D eigenvalue weighted by atomic mass is 16.5. The minimum Gasteiger partial charge on any atom is -0.379 e. The molecule has 0 fully saturated rings. The summed E-state index contributed by atoms with van der Waals surface area (Å²) in [4.78, 5) is 24.8. The van der Waals surface area contributed by atoms with E-state index in [-0.39, 0.29) is 17.7 Å². The second kappa shape index (κ2) is 9.38. The second-order valence-electron chi connectivity index (χ2n) is 7.09. The fourth-order valence-corrected chi connectivity index (χ4v) is 2.73. The van der Waals surface area contributed by atoms with Gasteiger partial charge in [0.25, 0.3) is 5.56 Å². The highest BCUT2D eigenvalue weighted by Crippen LogP contribution is 2.20. The number of nitrogens with one attached hydrogen (secondary N) is 2. The van der Waals surface area contributed by atoms with Crippen LogP contribution >= 0.6 is 0 Å². The molecule has 26 heavy (non-hydrogen) atoms. The first-order valence-corrected chi connectivity index (χ1v) is 9.17. The van der Waals surface area contributed by atoms with Crippen LogP contribution in [0, 0.1) is 5.92 Å². The molecule has 2 N–H and O–H groups in total. The molecule has 0 bridgehead atoms. The predicted molar refractivity (Wildman–Crippen MR) is 106 cm³/mol. The van der Waals surface area contributed by atoms with Gasteiger partial charge in [-0.1, -0.05) is 32.0 Å². The number of nitrogens with zero attached hydrogens (tertiary/aromatic N) is 1. The number of benzene rings is 1. The molecule has 2 aromatic rings. The fraction of sp³-hybridized carbons (Fsp3) is 0.500. The minimum absolute atomic E-state index is 0.0360. The van der Waals surface area contributed by atoms with Gasteiger partial charge in [-0.25, -0.2) is 4.79 Å². The van der Waals surface area contributed by atoms with Gasteiger partial charge < -0.3 is 19.9 Å². The largest absolute Gasteiger partial charge is 0.379 e. The first-order valence-electron chi connectivity index (χ1n) is 9.17. The zero-order valence-corrected chi connectivity index (χ0v) is 16.0. The van der Waals surface area contributed by atoms with E-state index in [1.807, 2.05) is 32.0 Å². The number of urea groups is 1. The monoisotopic (exact) mass is 359 g/mol. The maximum atomic E-state index is 12.6. The summed E-state index contributed by atoms with van der Waals surface area (Å²) in [7, 11) is 0. The third-order valence-electron chi connectivity index (χ3n) is 3.86. The molecule has 0 spiro atoms. The Hall–Kier alpha value is -2.34. The van der Waals surface area contributed by atoms with Crippen LogP contribution in [0.4, 0.5) is 10.5 Å². The molecule has 2 rings (SSSR count). The van der Waals surface area contributed by atoms with Gasteiger partial charge in [-0.15, -0.1) is 0 Å². The number of carbonyl (C=O) groups excluding carboxylic acids is 1. The lowest BCUT2D eigenvalue weighted by atomic mass is 10.1. The molecule has 0 unspecified atom stereocenters. The Labute approximate surface area is 154 Å². The van der Waals surface area contributed by atoms with E-state index in [4.69, 9.17) is 4.74 Å². The Bertz CT molecular complexity index is 796. The van der Waals surface area contributed by atoms with Crippen molar-refractivity contribution in [3.05, 3.63) is 40.8 Å². The molecule has 142 valence electrons. The van der Waals surface area contributed by atoms with Gasteiger partial charge in [0.2, 0.25) is 0 Å². The van der Waals surface area contributed by atoms with Crippen molar-refractivity contribution in [1.29, 1.82) is 0 Å². The van der Waals surface area contributed by atoms with Crippen LogP contribution in [0.2, 0.25) is 0 Å². The smallest absolute Gasteiger partial charge is 0.319 e. The molecule has 0 radical (unpaired) electrons. The van der Waals surface area contributed by atoms with Gasteiger partial charge in [0.05, 0.1) is 11.8 Å². The number of fused-ring (bicyclic) bond motifs is 1. The standard InChI is InChI=1S/C20H29N3O3/c1-14(2)12-23-13-18(16-8-5-6-9-17(16)19(23)24)22-20(25)21-10-7-11-26-15(3)4/h5-6,8-9,13-15H,7,10-12H2,1-4H3,(H2,21,22,25). The van der Waals surface area contributed by atoms with Crippen LogP contribution in [0.5, 0.6) is 0 Å². The maximum absolute atomic E-state index is 12.6. The van der Waals surface area contributed by atoms with Gasteiger partial charge >= 0.3 is 6.03 Å². The number of amides is 2. The Morgan fingerprint density at radius 2 is 1.85 bits per heavy atom. The fourth-order valence-electron chi connectivity index (χ4n) is 2.73. The quantitative estimate of drug-likeness (QED) is 0.708. The molecule has 1 aromatic heterocycles. The average Bonchev–Trinajstić information content (AvgIpc) is 2.58. The number of ether oxygens (including phenoxy) is 1. The topological polar surface area (TPSA) is 72.4 Å². The van der Waals surface area contributed by atoms with Crippen molar-refractivity contribution in [3.63, 3.8) is 0 Å². The summed E-state index contributed by atoms with van der Waals surface area (Å²) in [6, 6.07) is 7.06.